The van der Waals surface area contributed by atoms with Crippen LogP contribution in [0.4, 0.5) is 0 Å². The first kappa shape index (κ1) is 16.5. The Morgan fingerprint density at radius 2 is 2.04 bits per heavy atom. The third-order valence-corrected chi connectivity index (χ3v) is 3.33. The lowest BCUT2D eigenvalue weighted by Gasteiger charge is -2.14. The van der Waals surface area contributed by atoms with E-state index in [-0.39, 0.29) is 17.2 Å². The zero-order valence-corrected chi connectivity index (χ0v) is 13.1. The monoisotopic (exact) mass is 318 g/mol. The predicted octanol–water partition coefficient (Wildman–Crippen LogP) is 1.50. The Hall–Kier alpha value is -2.90. The van der Waals surface area contributed by atoms with E-state index < -0.39 is 11.9 Å². The minimum atomic E-state index is -1.13. The molecule has 0 unspecified atom stereocenters. The Bertz CT molecular complexity index is 726. The normalized spacial score (nSPS) is 11.8. The summed E-state index contributed by atoms with van der Waals surface area (Å²) >= 11 is 0. The highest BCUT2D eigenvalue weighted by Gasteiger charge is 2.18. The van der Waals surface area contributed by atoms with Gasteiger partial charge in [-0.1, -0.05) is 0 Å². The van der Waals surface area contributed by atoms with Crippen molar-refractivity contribution in [2.75, 3.05) is 7.11 Å². The molecule has 1 atom stereocenters. The van der Waals surface area contributed by atoms with Gasteiger partial charge in [0.15, 0.2) is 0 Å². The minimum Gasteiger partial charge on any atom is -0.497 e. The number of ether oxygens (including phenoxy) is 1. The van der Waals surface area contributed by atoms with Crippen molar-refractivity contribution < 1.29 is 19.4 Å². The molecule has 0 bridgehead atoms. The largest absolute Gasteiger partial charge is 0.497 e. The van der Waals surface area contributed by atoms with Gasteiger partial charge in [0.25, 0.3) is 5.91 Å². The number of hydrogen-bond donors (Lipinski definition) is 2. The number of rotatable bonds is 6. The molecule has 1 heterocycles. The van der Waals surface area contributed by atoms with E-state index in [1.54, 1.807) is 11.6 Å². The number of nitrogens with one attached hydrogen (secondary N) is 1. The maximum atomic E-state index is 12.4. The molecule has 0 fully saturated rings. The highest BCUT2D eigenvalue weighted by molar-refractivity contribution is 5.98. The molecular formula is C15H18N4O4. The Labute approximate surface area is 133 Å². The number of hydrogen-bond acceptors (Lipinski definition) is 5. The fraction of sp³-hybridized carbons (Fsp3) is 0.333. The first-order valence-electron chi connectivity index (χ1n) is 7.07. The van der Waals surface area contributed by atoms with Crippen LogP contribution >= 0.6 is 0 Å². The van der Waals surface area contributed by atoms with Crippen LogP contribution in [0.3, 0.4) is 0 Å². The molecule has 2 aromatic rings. The standard InChI is InChI=1S/C15H18N4O4/c1-4-19-13(16-8-17-19)9(2)18-14(20)10-5-11(15(21)22)7-12(6-10)23-3/h5-9H,4H2,1-3H3,(H,18,20)(H,21,22)/t9-/m1/s1. The lowest BCUT2D eigenvalue weighted by atomic mass is 10.1. The van der Waals surface area contributed by atoms with Crippen LogP contribution in [0.5, 0.6) is 5.75 Å². The number of benzene rings is 1. The molecule has 0 radical (unpaired) electrons. The highest BCUT2D eigenvalue weighted by Crippen LogP contribution is 2.18. The molecule has 1 aromatic heterocycles. The molecular weight excluding hydrogens is 300 g/mol. The molecule has 23 heavy (non-hydrogen) atoms. The SMILES string of the molecule is CCn1ncnc1[C@@H](C)NC(=O)c1cc(OC)cc(C(=O)O)c1. The van der Waals surface area contributed by atoms with Crippen LogP contribution in [0, 0.1) is 0 Å². The van der Waals surface area contributed by atoms with E-state index >= 15 is 0 Å². The van der Waals surface area contributed by atoms with Gasteiger partial charge in [0.2, 0.25) is 0 Å². The van der Waals surface area contributed by atoms with E-state index in [1.807, 2.05) is 6.92 Å². The second kappa shape index (κ2) is 6.91. The molecule has 0 aliphatic rings. The predicted molar refractivity (Wildman–Crippen MR) is 81.5 cm³/mol. The topological polar surface area (TPSA) is 106 Å². The van der Waals surface area contributed by atoms with Crippen molar-refractivity contribution in [2.24, 2.45) is 0 Å². The fourth-order valence-corrected chi connectivity index (χ4v) is 2.17. The van der Waals surface area contributed by atoms with Gasteiger partial charge in [0, 0.05) is 12.1 Å². The maximum Gasteiger partial charge on any atom is 0.335 e. The van der Waals surface area contributed by atoms with Gasteiger partial charge in [-0.3, -0.25) is 4.79 Å². The van der Waals surface area contributed by atoms with Gasteiger partial charge in [0.1, 0.15) is 17.9 Å². The summed E-state index contributed by atoms with van der Waals surface area (Å²) in [5, 5.41) is 15.9. The molecule has 1 aromatic carbocycles. The van der Waals surface area contributed by atoms with E-state index in [2.05, 4.69) is 15.4 Å². The molecule has 8 nitrogen and oxygen atoms in total. The average Bonchev–Trinajstić information content (AvgIpc) is 3.02. The Morgan fingerprint density at radius 1 is 1.35 bits per heavy atom. The van der Waals surface area contributed by atoms with Crippen LogP contribution in [0.1, 0.15) is 46.4 Å². The Balaban J connectivity index is 2.23. The van der Waals surface area contributed by atoms with E-state index in [1.165, 1.54) is 31.6 Å². The molecule has 8 heteroatoms. The summed E-state index contributed by atoms with van der Waals surface area (Å²) in [5.74, 6) is -0.608. The summed E-state index contributed by atoms with van der Waals surface area (Å²) in [5.41, 5.74) is 0.190. The number of methoxy groups -OCH3 is 1. The molecule has 2 rings (SSSR count). The first-order valence-corrected chi connectivity index (χ1v) is 7.07. The number of carboxylic acids is 1. The van der Waals surface area contributed by atoms with Gasteiger partial charge in [-0.25, -0.2) is 14.5 Å². The number of aryl methyl sites for hydroxylation is 1. The molecule has 2 N–H and O–H groups in total. The Kier molecular flexibility index (Phi) is 4.95. The Morgan fingerprint density at radius 3 is 2.65 bits per heavy atom. The van der Waals surface area contributed by atoms with Gasteiger partial charge in [-0.2, -0.15) is 5.10 Å². The van der Waals surface area contributed by atoms with Crippen molar-refractivity contribution in [3.63, 3.8) is 0 Å². The molecule has 0 saturated heterocycles. The lowest BCUT2D eigenvalue weighted by Crippen LogP contribution is -2.29. The maximum absolute atomic E-state index is 12.4. The number of amides is 1. The van der Waals surface area contributed by atoms with E-state index in [9.17, 15) is 9.59 Å². The van der Waals surface area contributed by atoms with E-state index in [0.29, 0.717) is 18.1 Å². The quantitative estimate of drug-likeness (QED) is 0.836. The smallest absolute Gasteiger partial charge is 0.335 e. The summed E-state index contributed by atoms with van der Waals surface area (Å²) in [4.78, 5) is 27.6. The molecule has 0 spiro atoms. The summed E-state index contributed by atoms with van der Waals surface area (Å²) in [6, 6.07) is 3.77. The van der Waals surface area contributed by atoms with Gasteiger partial charge < -0.3 is 15.2 Å². The van der Waals surface area contributed by atoms with Crippen molar-refractivity contribution in [1.29, 1.82) is 0 Å². The fourth-order valence-electron chi connectivity index (χ4n) is 2.17. The number of carboxylic acid groups (broad SMARTS) is 1. The van der Waals surface area contributed by atoms with Gasteiger partial charge >= 0.3 is 5.97 Å². The second-order valence-corrected chi connectivity index (χ2v) is 4.88. The molecule has 0 aliphatic heterocycles. The molecule has 0 aliphatic carbocycles. The molecule has 0 saturated carbocycles. The molecule has 122 valence electrons. The van der Waals surface area contributed by atoms with Crippen LogP contribution in [0.25, 0.3) is 0 Å². The third-order valence-electron chi connectivity index (χ3n) is 3.33. The zero-order chi connectivity index (χ0) is 17.0. The number of aromatic nitrogens is 3. The van der Waals surface area contributed by atoms with Crippen molar-refractivity contribution >= 4 is 11.9 Å². The minimum absolute atomic E-state index is 0.0149. The van der Waals surface area contributed by atoms with Crippen LogP contribution in [0.2, 0.25) is 0 Å². The van der Waals surface area contributed by atoms with Crippen molar-refractivity contribution in [1.82, 2.24) is 20.1 Å². The summed E-state index contributed by atoms with van der Waals surface area (Å²) < 4.78 is 6.72. The lowest BCUT2D eigenvalue weighted by molar-refractivity contribution is 0.0696. The second-order valence-electron chi connectivity index (χ2n) is 4.88. The average molecular weight is 318 g/mol. The van der Waals surface area contributed by atoms with Crippen LogP contribution in [-0.4, -0.2) is 38.9 Å². The van der Waals surface area contributed by atoms with Crippen molar-refractivity contribution in [2.45, 2.75) is 26.4 Å². The summed E-state index contributed by atoms with van der Waals surface area (Å²) in [7, 11) is 1.41. The van der Waals surface area contributed by atoms with Gasteiger partial charge in [-0.15, -0.1) is 0 Å². The number of nitrogens with zero attached hydrogens (tertiary/aromatic N) is 3. The van der Waals surface area contributed by atoms with Crippen LogP contribution in [-0.2, 0) is 6.54 Å². The number of carbonyl (C=O) groups excluding carboxylic acids is 1. The van der Waals surface area contributed by atoms with Crippen molar-refractivity contribution in [3.8, 4) is 5.75 Å². The van der Waals surface area contributed by atoms with E-state index in [0.717, 1.165) is 0 Å². The highest BCUT2D eigenvalue weighted by atomic mass is 16.5. The third kappa shape index (κ3) is 3.65. The number of carbonyl (C=O) groups is 2. The molecule has 1 amide bonds. The zero-order valence-electron chi connectivity index (χ0n) is 13.1. The number of aromatic carboxylic acids is 1. The van der Waals surface area contributed by atoms with Gasteiger partial charge in [-0.05, 0) is 32.0 Å². The van der Waals surface area contributed by atoms with Gasteiger partial charge in [0.05, 0.1) is 18.7 Å². The van der Waals surface area contributed by atoms with Crippen LogP contribution < -0.4 is 10.1 Å². The van der Waals surface area contributed by atoms with Crippen molar-refractivity contribution in [3.05, 3.63) is 41.5 Å². The van der Waals surface area contributed by atoms with Crippen LogP contribution in [0.15, 0.2) is 24.5 Å². The van der Waals surface area contributed by atoms with E-state index in [4.69, 9.17) is 9.84 Å². The summed E-state index contributed by atoms with van der Waals surface area (Å²) in [6.45, 7) is 4.35. The first-order chi connectivity index (χ1) is 11.0. The summed E-state index contributed by atoms with van der Waals surface area (Å²) in [6.07, 6.45) is 1.43.